The van der Waals surface area contributed by atoms with Crippen LogP contribution in [0.4, 0.5) is 5.69 Å². The molecule has 1 N–H and O–H groups in total. The van der Waals surface area contributed by atoms with Crippen LogP contribution in [-0.4, -0.2) is 11.7 Å². The second-order valence-corrected chi connectivity index (χ2v) is 7.36. The molecule has 0 spiro atoms. The van der Waals surface area contributed by atoms with Gasteiger partial charge >= 0.3 is 0 Å². The van der Waals surface area contributed by atoms with Crippen LogP contribution in [0.25, 0.3) is 0 Å². The molecule has 2 aliphatic rings. The van der Waals surface area contributed by atoms with Crippen molar-refractivity contribution in [2.45, 2.75) is 33.1 Å². The highest BCUT2D eigenvalue weighted by molar-refractivity contribution is 9.10. The van der Waals surface area contributed by atoms with Gasteiger partial charge < -0.3 is 5.32 Å². The van der Waals surface area contributed by atoms with Crippen molar-refractivity contribution in [2.75, 3.05) is 5.32 Å². The molecule has 2 fully saturated rings. The van der Waals surface area contributed by atoms with E-state index in [-0.39, 0.29) is 17.1 Å². The first-order chi connectivity index (χ1) is 9.38. The monoisotopic (exact) mass is 335 g/mol. The quantitative estimate of drug-likeness (QED) is 0.836. The van der Waals surface area contributed by atoms with Crippen molar-refractivity contribution in [1.82, 2.24) is 0 Å². The van der Waals surface area contributed by atoms with E-state index >= 15 is 0 Å². The van der Waals surface area contributed by atoms with Crippen LogP contribution < -0.4 is 5.32 Å². The van der Waals surface area contributed by atoms with E-state index < -0.39 is 5.41 Å². The first-order valence-electron chi connectivity index (χ1n) is 6.99. The minimum absolute atomic E-state index is 0.116. The standard InChI is InChI=1S/C16H18BrNO2/c1-15(2)10-7-8-16(9-10,13(15)19)14(20)18-12-6-4-3-5-11(12)17/h3-6,10H,7-9H2,1-2H3,(H,18,20)/t10-,16+/m1/s1. The summed E-state index contributed by atoms with van der Waals surface area (Å²) in [6.45, 7) is 3.96. The highest BCUT2D eigenvalue weighted by Gasteiger charge is 2.65. The first kappa shape index (κ1) is 13.8. The van der Waals surface area contributed by atoms with Crippen LogP contribution in [0.1, 0.15) is 33.1 Å². The van der Waals surface area contributed by atoms with Gasteiger partial charge in [-0.25, -0.2) is 0 Å². The van der Waals surface area contributed by atoms with E-state index in [0.717, 1.165) is 16.6 Å². The lowest BCUT2D eigenvalue weighted by molar-refractivity contribution is -0.142. The Morgan fingerprint density at radius 2 is 2.05 bits per heavy atom. The Morgan fingerprint density at radius 3 is 2.65 bits per heavy atom. The lowest BCUT2D eigenvalue weighted by atomic mass is 9.70. The molecule has 1 aromatic rings. The van der Waals surface area contributed by atoms with Gasteiger partial charge in [0.15, 0.2) is 5.78 Å². The molecular formula is C16H18BrNO2. The molecule has 1 amide bonds. The minimum Gasteiger partial charge on any atom is -0.324 e. The molecule has 0 unspecified atom stereocenters. The number of halogens is 1. The molecule has 4 heteroatoms. The summed E-state index contributed by atoms with van der Waals surface area (Å²) < 4.78 is 0.837. The summed E-state index contributed by atoms with van der Waals surface area (Å²) >= 11 is 3.42. The smallest absolute Gasteiger partial charge is 0.238 e. The van der Waals surface area contributed by atoms with Crippen molar-refractivity contribution in [3.8, 4) is 0 Å². The van der Waals surface area contributed by atoms with Crippen LogP contribution in [0, 0.1) is 16.7 Å². The third-order valence-electron chi connectivity index (χ3n) is 5.11. The maximum atomic E-state index is 12.7. The van der Waals surface area contributed by atoms with Crippen LogP contribution in [0.15, 0.2) is 28.7 Å². The number of ketones is 1. The van der Waals surface area contributed by atoms with Crippen LogP contribution >= 0.6 is 15.9 Å². The number of hydrogen-bond acceptors (Lipinski definition) is 2. The van der Waals surface area contributed by atoms with Gasteiger partial charge in [-0.3, -0.25) is 9.59 Å². The lowest BCUT2D eigenvalue weighted by Crippen LogP contribution is -2.44. The Hall–Kier alpha value is -1.16. The maximum Gasteiger partial charge on any atom is 0.238 e. The Morgan fingerprint density at radius 1 is 1.35 bits per heavy atom. The number of carbonyl (C=O) groups is 2. The van der Waals surface area contributed by atoms with Gasteiger partial charge in [0.1, 0.15) is 5.41 Å². The number of hydrogen-bond donors (Lipinski definition) is 1. The molecule has 1 aromatic carbocycles. The molecule has 0 aliphatic heterocycles. The summed E-state index contributed by atoms with van der Waals surface area (Å²) in [5, 5.41) is 2.93. The predicted octanol–water partition coefficient (Wildman–Crippen LogP) is 3.78. The topological polar surface area (TPSA) is 46.2 Å². The van der Waals surface area contributed by atoms with Crippen molar-refractivity contribution in [2.24, 2.45) is 16.7 Å². The van der Waals surface area contributed by atoms with Gasteiger partial charge in [0.2, 0.25) is 5.91 Å². The van der Waals surface area contributed by atoms with Crippen molar-refractivity contribution in [1.29, 1.82) is 0 Å². The average Bonchev–Trinajstić information content (AvgIpc) is 2.93. The zero-order valence-corrected chi connectivity index (χ0v) is 13.3. The largest absolute Gasteiger partial charge is 0.324 e. The molecular weight excluding hydrogens is 318 g/mol. The highest BCUT2D eigenvalue weighted by atomic mass is 79.9. The van der Waals surface area contributed by atoms with E-state index in [9.17, 15) is 9.59 Å². The number of benzene rings is 1. The first-order valence-corrected chi connectivity index (χ1v) is 7.78. The zero-order chi connectivity index (χ0) is 14.5. The number of nitrogens with one attached hydrogen (secondary N) is 1. The van der Waals surface area contributed by atoms with Crippen molar-refractivity contribution < 1.29 is 9.59 Å². The number of para-hydroxylation sites is 1. The molecule has 20 heavy (non-hydrogen) atoms. The van der Waals surface area contributed by atoms with Crippen LogP contribution in [0.5, 0.6) is 0 Å². The number of fused-ring (bicyclic) bond motifs is 2. The minimum atomic E-state index is -0.802. The van der Waals surface area contributed by atoms with Gasteiger partial charge in [0.25, 0.3) is 0 Å². The Labute approximate surface area is 127 Å². The Kier molecular flexibility index (Phi) is 3.05. The molecule has 0 radical (unpaired) electrons. The van der Waals surface area contributed by atoms with E-state index in [2.05, 4.69) is 21.2 Å². The summed E-state index contributed by atoms with van der Waals surface area (Å²) in [5.74, 6) is 0.327. The molecule has 3 rings (SSSR count). The van der Waals surface area contributed by atoms with Crippen LogP contribution in [-0.2, 0) is 9.59 Å². The van der Waals surface area contributed by atoms with Crippen LogP contribution in [0.2, 0.25) is 0 Å². The van der Waals surface area contributed by atoms with E-state index in [0.29, 0.717) is 18.8 Å². The molecule has 0 aromatic heterocycles. The molecule has 106 valence electrons. The second-order valence-electron chi connectivity index (χ2n) is 6.51. The molecule has 2 saturated carbocycles. The van der Waals surface area contributed by atoms with Gasteiger partial charge in [-0.05, 0) is 53.2 Å². The number of amides is 1. The number of rotatable bonds is 2. The SMILES string of the molecule is CC1(C)C(=O)[C@]2(C(=O)Nc3ccccc3Br)CC[C@@H]1C2. The van der Waals surface area contributed by atoms with Gasteiger partial charge in [-0.2, -0.15) is 0 Å². The highest BCUT2D eigenvalue weighted by Crippen LogP contribution is 2.60. The fourth-order valence-electron chi connectivity index (χ4n) is 3.78. The fourth-order valence-corrected chi connectivity index (χ4v) is 4.17. The van der Waals surface area contributed by atoms with Gasteiger partial charge in [-0.15, -0.1) is 0 Å². The van der Waals surface area contributed by atoms with E-state index in [1.807, 2.05) is 38.1 Å². The Balaban J connectivity index is 1.89. The van der Waals surface area contributed by atoms with Gasteiger partial charge in [0.05, 0.1) is 5.69 Å². The summed E-state index contributed by atoms with van der Waals surface area (Å²) in [4.78, 5) is 25.3. The molecule has 2 aliphatic carbocycles. The van der Waals surface area contributed by atoms with Gasteiger partial charge in [-0.1, -0.05) is 26.0 Å². The number of Topliss-reactive ketones (excluding diaryl/α,β-unsaturated/α-hetero) is 1. The summed E-state index contributed by atoms with van der Waals surface area (Å²) in [7, 11) is 0. The Bertz CT molecular complexity index is 596. The van der Waals surface area contributed by atoms with Crippen molar-refractivity contribution in [3.05, 3.63) is 28.7 Å². The third kappa shape index (κ3) is 1.77. The van der Waals surface area contributed by atoms with E-state index in [4.69, 9.17) is 0 Å². The van der Waals surface area contributed by atoms with Gasteiger partial charge in [0, 0.05) is 9.89 Å². The van der Waals surface area contributed by atoms with Crippen LogP contribution in [0.3, 0.4) is 0 Å². The number of anilines is 1. The molecule has 3 nitrogen and oxygen atoms in total. The summed E-state index contributed by atoms with van der Waals surface area (Å²) in [6.07, 6.45) is 2.37. The summed E-state index contributed by atoms with van der Waals surface area (Å²) in [5.41, 5.74) is -0.430. The molecule has 2 atom stereocenters. The average molecular weight is 336 g/mol. The van der Waals surface area contributed by atoms with Crippen molar-refractivity contribution in [3.63, 3.8) is 0 Å². The zero-order valence-electron chi connectivity index (χ0n) is 11.7. The number of carbonyl (C=O) groups excluding carboxylic acids is 2. The fraction of sp³-hybridized carbons (Fsp3) is 0.500. The van der Waals surface area contributed by atoms with E-state index in [1.165, 1.54) is 0 Å². The molecule has 0 heterocycles. The van der Waals surface area contributed by atoms with E-state index in [1.54, 1.807) is 0 Å². The van der Waals surface area contributed by atoms with Crippen molar-refractivity contribution >= 4 is 33.3 Å². The third-order valence-corrected chi connectivity index (χ3v) is 5.80. The second kappa shape index (κ2) is 4.42. The molecule has 0 saturated heterocycles. The normalized spacial score (nSPS) is 30.6. The lowest BCUT2D eigenvalue weighted by Gasteiger charge is -2.32. The molecule has 2 bridgehead atoms. The maximum absolute atomic E-state index is 12.7. The summed E-state index contributed by atoms with van der Waals surface area (Å²) in [6, 6.07) is 7.49. The predicted molar refractivity (Wildman–Crippen MR) is 81.3 cm³/mol.